The van der Waals surface area contributed by atoms with Crippen LogP contribution in [0.3, 0.4) is 0 Å². The molecular weight excluding hydrogens is 308 g/mol. The predicted octanol–water partition coefficient (Wildman–Crippen LogP) is 3.72. The number of hydrogen-bond acceptors (Lipinski definition) is 3. The molecule has 0 amide bonds. The number of carbonyl (C=O) groups excluding carboxylic acids is 1. The van der Waals surface area contributed by atoms with Gasteiger partial charge in [-0.15, -0.1) is 0 Å². The van der Waals surface area contributed by atoms with Gasteiger partial charge in [-0.1, -0.05) is 34.1 Å². The van der Waals surface area contributed by atoms with Gasteiger partial charge in [0.2, 0.25) is 5.78 Å². The van der Waals surface area contributed by atoms with E-state index < -0.39 is 0 Å². The largest absolute Gasteiger partial charge is 0.497 e. The van der Waals surface area contributed by atoms with Crippen LogP contribution < -0.4 is 9.47 Å². The van der Waals surface area contributed by atoms with Crippen LogP contribution in [-0.4, -0.2) is 19.5 Å². The molecule has 2 rings (SSSR count). The third-order valence-corrected chi connectivity index (χ3v) is 3.30. The topological polar surface area (TPSA) is 35.5 Å². The summed E-state index contributed by atoms with van der Waals surface area (Å²) in [5.74, 6) is 1.33. The summed E-state index contributed by atoms with van der Waals surface area (Å²) >= 11 is 3.35. The zero-order valence-corrected chi connectivity index (χ0v) is 12.0. The Morgan fingerprint density at radius 1 is 1.05 bits per heavy atom. The van der Waals surface area contributed by atoms with Crippen LogP contribution >= 0.6 is 15.9 Å². The summed E-state index contributed by atoms with van der Waals surface area (Å²) in [7, 11) is 1.60. The molecule has 2 aromatic carbocycles. The summed E-state index contributed by atoms with van der Waals surface area (Å²) in [6.07, 6.45) is 0. The van der Waals surface area contributed by atoms with Gasteiger partial charge in [-0.3, -0.25) is 4.79 Å². The predicted molar refractivity (Wildman–Crippen MR) is 77.0 cm³/mol. The van der Waals surface area contributed by atoms with E-state index in [9.17, 15) is 4.79 Å². The van der Waals surface area contributed by atoms with E-state index in [4.69, 9.17) is 9.47 Å². The highest BCUT2D eigenvalue weighted by molar-refractivity contribution is 9.10. The van der Waals surface area contributed by atoms with Gasteiger partial charge >= 0.3 is 0 Å². The second-order valence-corrected chi connectivity index (χ2v) is 4.72. The fourth-order valence-electron chi connectivity index (χ4n) is 1.59. The van der Waals surface area contributed by atoms with Crippen molar-refractivity contribution < 1.29 is 14.3 Å². The minimum absolute atomic E-state index is 0.00887. The molecule has 19 heavy (non-hydrogen) atoms. The van der Waals surface area contributed by atoms with Crippen LogP contribution in [0.5, 0.6) is 11.5 Å². The highest BCUT2D eigenvalue weighted by atomic mass is 79.9. The fraction of sp³-hybridized carbons (Fsp3) is 0.133. The van der Waals surface area contributed by atoms with Crippen LogP contribution in [0.2, 0.25) is 0 Å². The molecule has 0 atom stereocenters. The van der Waals surface area contributed by atoms with Crippen LogP contribution in [0.1, 0.15) is 10.4 Å². The molecular formula is C15H13BrO3. The Balaban J connectivity index is 1.98. The molecule has 4 heteroatoms. The Morgan fingerprint density at radius 2 is 1.68 bits per heavy atom. The molecule has 0 unspecified atom stereocenters. The van der Waals surface area contributed by atoms with Crippen molar-refractivity contribution in [3.63, 3.8) is 0 Å². The van der Waals surface area contributed by atoms with E-state index in [0.717, 1.165) is 10.2 Å². The Morgan fingerprint density at radius 3 is 2.32 bits per heavy atom. The molecule has 0 aliphatic rings. The van der Waals surface area contributed by atoms with Crippen molar-refractivity contribution >= 4 is 21.7 Å². The lowest BCUT2D eigenvalue weighted by molar-refractivity contribution is 0.0920. The maximum atomic E-state index is 12.0. The Kier molecular flexibility index (Phi) is 4.58. The monoisotopic (exact) mass is 320 g/mol. The molecule has 0 spiro atoms. The first-order valence-electron chi connectivity index (χ1n) is 5.75. The Bertz CT molecular complexity index is 564. The van der Waals surface area contributed by atoms with Crippen molar-refractivity contribution in [3.8, 4) is 11.5 Å². The van der Waals surface area contributed by atoms with Gasteiger partial charge in [0.1, 0.15) is 11.5 Å². The van der Waals surface area contributed by atoms with Crippen molar-refractivity contribution in [2.45, 2.75) is 0 Å². The van der Waals surface area contributed by atoms with E-state index in [1.54, 1.807) is 37.4 Å². The lowest BCUT2D eigenvalue weighted by Crippen LogP contribution is -2.12. The average Bonchev–Trinajstić information content (AvgIpc) is 2.46. The zero-order chi connectivity index (χ0) is 13.7. The van der Waals surface area contributed by atoms with E-state index in [2.05, 4.69) is 15.9 Å². The number of benzene rings is 2. The van der Waals surface area contributed by atoms with E-state index >= 15 is 0 Å². The molecule has 0 saturated carbocycles. The summed E-state index contributed by atoms with van der Waals surface area (Å²) < 4.78 is 11.3. The molecule has 0 N–H and O–H groups in total. The summed E-state index contributed by atoms with van der Waals surface area (Å²) in [6, 6.07) is 14.4. The molecule has 0 aliphatic heterocycles. The van der Waals surface area contributed by atoms with Gasteiger partial charge in [0.15, 0.2) is 6.61 Å². The number of Topliss-reactive ketones (excluding diaryl/α,β-unsaturated/α-hetero) is 1. The molecule has 3 nitrogen and oxygen atoms in total. The zero-order valence-electron chi connectivity index (χ0n) is 10.4. The van der Waals surface area contributed by atoms with Gasteiger partial charge in [0.25, 0.3) is 0 Å². The molecule has 98 valence electrons. The number of hydrogen-bond donors (Lipinski definition) is 0. The van der Waals surface area contributed by atoms with Crippen LogP contribution in [0.4, 0.5) is 0 Å². The quantitative estimate of drug-likeness (QED) is 0.788. The first-order valence-corrected chi connectivity index (χ1v) is 6.54. The number of carbonyl (C=O) groups is 1. The third-order valence-electron chi connectivity index (χ3n) is 2.60. The van der Waals surface area contributed by atoms with Crippen LogP contribution in [0, 0.1) is 0 Å². The van der Waals surface area contributed by atoms with E-state index in [-0.39, 0.29) is 12.4 Å². The summed E-state index contributed by atoms with van der Waals surface area (Å²) in [6.45, 7) is 0.00887. The average molecular weight is 321 g/mol. The Labute approximate surface area is 120 Å². The maximum absolute atomic E-state index is 12.0. The van der Waals surface area contributed by atoms with Crippen LogP contribution in [-0.2, 0) is 0 Å². The number of ketones is 1. The molecule has 0 bridgehead atoms. The minimum Gasteiger partial charge on any atom is -0.497 e. The third kappa shape index (κ3) is 3.58. The normalized spacial score (nSPS) is 10.0. The van der Waals surface area contributed by atoms with Crippen molar-refractivity contribution in [1.82, 2.24) is 0 Å². The number of methoxy groups -OCH3 is 1. The summed E-state index contributed by atoms with van der Waals surface area (Å²) in [5.41, 5.74) is 0.621. The van der Waals surface area contributed by atoms with Crippen molar-refractivity contribution in [3.05, 3.63) is 58.6 Å². The molecule has 0 fully saturated rings. The molecule has 0 aliphatic carbocycles. The van der Waals surface area contributed by atoms with E-state index in [1.807, 2.05) is 18.2 Å². The maximum Gasteiger partial charge on any atom is 0.201 e. The first-order chi connectivity index (χ1) is 9.20. The second kappa shape index (κ2) is 6.38. The van der Waals surface area contributed by atoms with Gasteiger partial charge in [-0.05, 0) is 30.3 Å². The van der Waals surface area contributed by atoms with Gasteiger partial charge in [0.05, 0.1) is 7.11 Å². The SMILES string of the molecule is COc1ccc(OCC(=O)c2ccccc2Br)cc1. The van der Waals surface area contributed by atoms with Gasteiger partial charge in [-0.2, -0.15) is 0 Å². The molecule has 0 aromatic heterocycles. The van der Waals surface area contributed by atoms with E-state index in [1.165, 1.54) is 0 Å². The van der Waals surface area contributed by atoms with Crippen molar-refractivity contribution in [2.75, 3.05) is 13.7 Å². The van der Waals surface area contributed by atoms with Crippen LogP contribution in [0.25, 0.3) is 0 Å². The molecule has 0 saturated heterocycles. The van der Waals surface area contributed by atoms with Crippen molar-refractivity contribution in [2.24, 2.45) is 0 Å². The lowest BCUT2D eigenvalue weighted by atomic mass is 10.1. The highest BCUT2D eigenvalue weighted by Gasteiger charge is 2.10. The number of rotatable bonds is 5. The Hall–Kier alpha value is -1.81. The molecule has 2 aromatic rings. The molecule has 0 radical (unpaired) electrons. The summed E-state index contributed by atoms with van der Waals surface area (Å²) in [4.78, 5) is 12.0. The van der Waals surface area contributed by atoms with E-state index in [0.29, 0.717) is 11.3 Å². The summed E-state index contributed by atoms with van der Waals surface area (Å²) in [5, 5.41) is 0. The second-order valence-electron chi connectivity index (χ2n) is 3.87. The first kappa shape index (κ1) is 13.6. The fourth-order valence-corrected chi connectivity index (χ4v) is 2.09. The van der Waals surface area contributed by atoms with Gasteiger partial charge in [-0.25, -0.2) is 0 Å². The standard InChI is InChI=1S/C15H13BrO3/c1-18-11-6-8-12(9-7-11)19-10-15(17)13-4-2-3-5-14(13)16/h2-9H,10H2,1H3. The van der Waals surface area contributed by atoms with Crippen LogP contribution in [0.15, 0.2) is 53.0 Å². The van der Waals surface area contributed by atoms with Gasteiger partial charge < -0.3 is 9.47 Å². The molecule has 0 heterocycles. The smallest absolute Gasteiger partial charge is 0.201 e. The minimum atomic E-state index is -0.0664. The van der Waals surface area contributed by atoms with Gasteiger partial charge in [0, 0.05) is 10.0 Å². The highest BCUT2D eigenvalue weighted by Crippen LogP contribution is 2.19. The lowest BCUT2D eigenvalue weighted by Gasteiger charge is -2.07. The van der Waals surface area contributed by atoms with Crippen molar-refractivity contribution in [1.29, 1.82) is 0 Å². The number of ether oxygens (including phenoxy) is 2. The number of halogens is 1.